The van der Waals surface area contributed by atoms with E-state index in [0.29, 0.717) is 12.1 Å². The summed E-state index contributed by atoms with van der Waals surface area (Å²) < 4.78 is 41.9. The number of halogens is 1. The number of nitriles is 1. The van der Waals surface area contributed by atoms with Gasteiger partial charge in [-0.15, -0.1) is 0 Å². The molecule has 1 aliphatic rings. The summed E-state index contributed by atoms with van der Waals surface area (Å²) in [5, 5.41) is 12.8. The van der Waals surface area contributed by atoms with Crippen molar-refractivity contribution in [2.24, 2.45) is 0 Å². The fourth-order valence-corrected chi connectivity index (χ4v) is 5.41. The maximum atomic E-state index is 13.6. The second-order valence-corrected chi connectivity index (χ2v) is 9.20. The van der Waals surface area contributed by atoms with E-state index in [1.807, 2.05) is 30.5 Å². The van der Waals surface area contributed by atoms with Crippen molar-refractivity contribution < 1.29 is 12.8 Å². The van der Waals surface area contributed by atoms with Crippen LogP contribution < -0.4 is 10.0 Å². The van der Waals surface area contributed by atoms with E-state index >= 15 is 0 Å². The number of benzene rings is 2. The molecule has 0 saturated heterocycles. The zero-order valence-corrected chi connectivity index (χ0v) is 17.4. The smallest absolute Gasteiger partial charge is 0.241 e. The van der Waals surface area contributed by atoms with Crippen molar-refractivity contribution in [1.29, 1.82) is 5.26 Å². The lowest BCUT2D eigenvalue weighted by Gasteiger charge is -2.15. The van der Waals surface area contributed by atoms with Gasteiger partial charge in [-0.05, 0) is 47.9 Å². The minimum Gasteiger partial charge on any atom is -0.346 e. The minimum atomic E-state index is -3.96. The lowest BCUT2D eigenvalue weighted by molar-refractivity contribution is 0.517. The van der Waals surface area contributed by atoms with Crippen LogP contribution in [0.15, 0.2) is 66.0 Å². The van der Waals surface area contributed by atoms with E-state index in [0.717, 1.165) is 33.8 Å². The second kappa shape index (κ2) is 7.71. The normalized spacial score (nSPS) is 17.8. The van der Waals surface area contributed by atoms with Gasteiger partial charge in [-0.25, -0.2) is 27.5 Å². The fraction of sp³-hybridized carbons (Fsp3) is 0.136. The predicted molar refractivity (Wildman–Crippen MR) is 115 cm³/mol. The molecule has 5 rings (SSSR count). The number of fused-ring (bicyclic) bond motifs is 2. The third-order valence-electron chi connectivity index (χ3n) is 5.58. The van der Waals surface area contributed by atoms with E-state index in [1.165, 1.54) is 24.5 Å². The molecule has 4 aromatic rings. The van der Waals surface area contributed by atoms with Gasteiger partial charge in [0.05, 0.1) is 16.6 Å². The zero-order chi connectivity index (χ0) is 22.3. The van der Waals surface area contributed by atoms with Crippen LogP contribution >= 0.6 is 0 Å². The Morgan fingerprint density at radius 1 is 1.09 bits per heavy atom. The summed E-state index contributed by atoms with van der Waals surface area (Å²) in [5.41, 5.74) is 3.83. The molecule has 0 radical (unpaired) electrons. The van der Waals surface area contributed by atoms with Gasteiger partial charge in [-0.1, -0.05) is 18.2 Å². The number of H-pyrrole nitrogens is 1. The van der Waals surface area contributed by atoms with Gasteiger partial charge >= 0.3 is 0 Å². The highest BCUT2D eigenvalue weighted by Crippen LogP contribution is 2.41. The fourth-order valence-electron chi connectivity index (χ4n) is 4.15. The summed E-state index contributed by atoms with van der Waals surface area (Å²) in [6.07, 6.45) is 5.55. The van der Waals surface area contributed by atoms with Gasteiger partial charge in [0.2, 0.25) is 10.0 Å². The number of sulfonamides is 1. The summed E-state index contributed by atoms with van der Waals surface area (Å²) in [4.78, 5) is 11.5. The molecule has 0 aliphatic heterocycles. The maximum Gasteiger partial charge on any atom is 0.241 e. The van der Waals surface area contributed by atoms with Crippen molar-refractivity contribution in [3.63, 3.8) is 0 Å². The number of aromatic nitrogens is 3. The molecule has 0 fully saturated rings. The highest BCUT2D eigenvalue weighted by Gasteiger charge is 2.34. The zero-order valence-electron chi connectivity index (χ0n) is 16.6. The monoisotopic (exact) mass is 448 g/mol. The Morgan fingerprint density at radius 2 is 1.97 bits per heavy atom. The van der Waals surface area contributed by atoms with Crippen LogP contribution in [-0.4, -0.2) is 23.4 Å². The highest BCUT2D eigenvalue weighted by molar-refractivity contribution is 7.89. The SMILES string of the molecule is N#CN[C@H]1C[C@@H](NS(=O)(=O)c2cccc(F)c2)c2ccc(-c3ncnc4[nH]ccc34)cc21. The van der Waals surface area contributed by atoms with E-state index in [4.69, 9.17) is 0 Å². The van der Waals surface area contributed by atoms with E-state index in [9.17, 15) is 18.1 Å². The Bertz CT molecular complexity index is 1480. The average Bonchev–Trinajstić information content (AvgIpc) is 3.38. The number of aromatic amines is 1. The molecular formula is C22H17FN6O2S. The van der Waals surface area contributed by atoms with Crippen molar-refractivity contribution in [2.75, 3.05) is 0 Å². The molecule has 160 valence electrons. The summed E-state index contributed by atoms with van der Waals surface area (Å²) >= 11 is 0. The maximum absolute atomic E-state index is 13.6. The largest absolute Gasteiger partial charge is 0.346 e. The van der Waals surface area contributed by atoms with Gasteiger partial charge in [-0.3, -0.25) is 0 Å². The lowest BCUT2D eigenvalue weighted by atomic mass is 10.0. The van der Waals surface area contributed by atoms with Crippen LogP contribution in [0.25, 0.3) is 22.3 Å². The van der Waals surface area contributed by atoms with Crippen LogP contribution in [0.2, 0.25) is 0 Å². The van der Waals surface area contributed by atoms with Crippen LogP contribution in [0.1, 0.15) is 29.6 Å². The molecular weight excluding hydrogens is 431 g/mol. The first-order valence-corrected chi connectivity index (χ1v) is 11.3. The molecule has 8 nitrogen and oxygen atoms in total. The molecule has 2 atom stereocenters. The Labute approximate surface area is 183 Å². The Morgan fingerprint density at radius 3 is 2.78 bits per heavy atom. The molecule has 2 aromatic carbocycles. The molecule has 0 bridgehead atoms. The van der Waals surface area contributed by atoms with Gasteiger partial charge in [0.15, 0.2) is 6.19 Å². The third kappa shape index (κ3) is 3.47. The predicted octanol–water partition coefficient (Wildman–Crippen LogP) is 3.30. The van der Waals surface area contributed by atoms with Crippen molar-refractivity contribution in [3.05, 3.63) is 78.0 Å². The quantitative estimate of drug-likeness (QED) is 0.318. The molecule has 10 heteroatoms. The number of nitrogens with zero attached hydrogens (tertiary/aromatic N) is 3. The van der Waals surface area contributed by atoms with Crippen molar-refractivity contribution in [2.45, 2.75) is 23.4 Å². The van der Waals surface area contributed by atoms with Gasteiger partial charge < -0.3 is 10.3 Å². The minimum absolute atomic E-state index is 0.150. The Kier molecular flexibility index (Phi) is 4.84. The van der Waals surface area contributed by atoms with Gasteiger partial charge in [0, 0.05) is 23.2 Å². The molecule has 2 heterocycles. The number of hydrogen-bond acceptors (Lipinski definition) is 6. The van der Waals surface area contributed by atoms with E-state index in [1.54, 1.807) is 6.20 Å². The van der Waals surface area contributed by atoms with Gasteiger partial charge in [0.1, 0.15) is 17.8 Å². The first-order valence-electron chi connectivity index (χ1n) is 9.81. The number of hydrogen-bond donors (Lipinski definition) is 3. The van der Waals surface area contributed by atoms with E-state index in [-0.39, 0.29) is 10.9 Å². The first kappa shape index (κ1) is 20.1. The van der Waals surface area contributed by atoms with Crippen LogP contribution in [0, 0.1) is 17.3 Å². The summed E-state index contributed by atoms with van der Waals surface area (Å²) in [6, 6.07) is 11.4. The molecule has 3 N–H and O–H groups in total. The van der Waals surface area contributed by atoms with Gasteiger partial charge in [-0.2, -0.15) is 5.26 Å². The molecule has 32 heavy (non-hydrogen) atoms. The first-order chi connectivity index (χ1) is 15.5. The highest BCUT2D eigenvalue weighted by atomic mass is 32.2. The Balaban J connectivity index is 1.53. The average molecular weight is 448 g/mol. The Hall–Kier alpha value is -3.81. The number of rotatable bonds is 5. The topological polar surface area (TPSA) is 124 Å². The molecule has 0 spiro atoms. The molecule has 0 saturated carbocycles. The van der Waals surface area contributed by atoms with Crippen LogP contribution in [0.4, 0.5) is 4.39 Å². The van der Waals surface area contributed by atoms with E-state index in [2.05, 4.69) is 25.0 Å². The van der Waals surface area contributed by atoms with Crippen LogP contribution in [0.5, 0.6) is 0 Å². The van der Waals surface area contributed by atoms with Crippen molar-refractivity contribution in [3.8, 4) is 17.5 Å². The van der Waals surface area contributed by atoms with Gasteiger partial charge in [0.25, 0.3) is 0 Å². The number of nitrogens with one attached hydrogen (secondary N) is 3. The summed E-state index contributed by atoms with van der Waals surface area (Å²) in [7, 11) is -3.96. The van der Waals surface area contributed by atoms with Crippen molar-refractivity contribution in [1.82, 2.24) is 25.0 Å². The summed E-state index contributed by atoms with van der Waals surface area (Å²) in [5.74, 6) is -0.630. The molecule has 0 unspecified atom stereocenters. The standard InChI is InChI=1S/C22H17FN6O2S/c23-14-2-1-3-15(9-14)32(30,31)29-20-10-19(26-11-24)18-8-13(4-5-16(18)20)21-17-6-7-25-22(17)28-12-27-21/h1-9,12,19-20,26,29H,10H2,(H,25,27,28)/t19-,20+/m0/s1. The molecule has 2 aromatic heterocycles. The van der Waals surface area contributed by atoms with Crippen LogP contribution in [-0.2, 0) is 10.0 Å². The second-order valence-electron chi connectivity index (χ2n) is 7.48. The lowest BCUT2D eigenvalue weighted by Crippen LogP contribution is -2.28. The van der Waals surface area contributed by atoms with Crippen molar-refractivity contribution >= 4 is 21.1 Å². The third-order valence-corrected chi connectivity index (χ3v) is 7.05. The van der Waals surface area contributed by atoms with Crippen LogP contribution in [0.3, 0.4) is 0 Å². The summed E-state index contributed by atoms with van der Waals surface area (Å²) in [6.45, 7) is 0. The molecule has 0 amide bonds. The van der Waals surface area contributed by atoms with E-state index < -0.39 is 21.9 Å². The molecule has 1 aliphatic carbocycles.